The first-order chi connectivity index (χ1) is 9.06. The van der Waals surface area contributed by atoms with Crippen LogP contribution in [0.2, 0.25) is 0 Å². The predicted molar refractivity (Wildman–Crippen MR) is 69.1 cm³/mol. The summed E-state index contributed by atoms with van der Waals surface area (Å²) >= 11 is 0. The van der Waals surface area contributed by atoms with Gasteiger partial charge in [-0.3, -0.25) is 0 Å². The van der Waals surface area contributed by atoms with Crippen LogP contribution in [0.3, 0.4) is 0 Å². The Balaban J connectivity index is 1.98. The van der Waals surface area contributed by atoms with Gasteiger partial charge in [0.2, 0.25) is 0 Å². The van der Waals surface area contributed by atoms with E-state index in [2.05, 4.69) is 5.32 Å². The van der Waals surface area contributed by atoms with Crippen LogP contribution >= 0.6 is 0 Å². The second-order valence-electron chi connectivity index (χ2n) is 4.44. The molecule has 2 amide bonds. The Bertz CT molecular complexity index is 489. The highest BCUT2D eigenvalue weighted by Crippen LogP contribution is 2.12. The van der Waals surface area contributed by atoms with Gasteiger partial charge in [-0.1, -0.05) is 12.1 Å². The quantitative estimate of drug-likeness (QED) is 0.844. The Labute approximate surface area is 111 Å². The lowest BCUT2D eigenvalue weighted by atomic mass is 10.2. The van der Waals surface area contributed by atoms with E-state index in [1.54, 1.807) is 6.07 Å². The van der Waals surface area contributed by atoms with Crippen molar-refractivity contribution in [3.8, 4) is 0 Å². The molecule has 1 atom stereocenters. The molecule has 0 radical (unpaired) electrons. The zero-order valence-electron chi connectivity index (χ0n) is 10.6. The van der Waals surface area contributed by atoms with Gasteiger partial charge in [0, 0.05) is 12.2 Å². The number of carbonyl (C=O) groups excluding carboxylic acids is 1. The van der Waals surface area contributed by atoms with Gasteiger partial charge in [-0.2, -0.15) is 0 Å². The first-order valence-corrected chi connectivity index (χ1v) is 6.03. The number of rotatable bonds is 2. The summed E-state index contributed by atoms with van der Waals surface area (Å²) in [6.07, 6.45) is -0.947. The highest BCUT2D eigenvalue weighted by Gasteiger charge is 2.28. The van der Waals surface area contributed by atoms with Gasteiger partial charge in [-0.25, -0.2) is 9.59 Å². The number of carboxylic acids is 1. The molecule has 1 aromatic rings. The van der Waals surface area contributed by atoms with Crippen LogP contribution in [0.25, 0.3) is 0 Å². The van der Waals surface area contributed by atoms with Crippen molar-refractivity contribution >= 4 is 17.7 Å². The van der Waals surface area contributed by atoms with Crippen LogP contribution in [-0.4, -0.2) is 47.8 Å². The minimum atomic E-state index is -1.05. The largest absolute Gasteiger partial charge is 0.479 e. The normalized spacial score (nSPS) is 19.0. The molecule has 2 N–H and O–H groups in total. The van der Waals surface area contributed by atoms with Crippen LogP contribution < -0.4 is 5.32 Å². The Morgan fingerprint density at radius 3 is 2.95 bits per heavy atom. The minimum absolute atomic E-state index is 0.0625. The van der Waals surface area contributed by atoms with E-state index in [9.17, 15) is 9.59 Å². The Hall–Kier alpha value is -2.08. The number of anilines is 1. The molecule has 2 rings (SSSR count). The van der Waals surface area contributed by atoms with Gasteiger partial charge in [-0.05, 0) is 24.6 Å². The summed E-state index contributed by atoms with van der Waals surface area (Å²) in [5.41, 5.74) is 1.74. The van der Waals surface area contributed by atoms with E-state index in [0.717, 1.165) is 5.56 Å². The van der Waals surface area contributed by atoms with Gasteiger partial charge in [-0.15, -0.1) is 0 Å². The first kappa shape index (κ1) is 13.4. The number of carboxylic acid groups (broad SMARTS) is 1. The first-order valence-electron chi connectivity index (χ1n) is 6.03. The number of aliphatic carboxylic acids is 1. The maximum Gasteiger partial charge on any atom is 0.334 e. The van der Waals surface area contributed by atoms with Gasteiger partial charge in [0.25, 0.3) is 0 Å². The molecule has 0 spiro atoms. The zero-order chi connectivity index (χ0) is 13.8. The second kappa shape index (κ2) is 5.71. The highest BCUT2D eigenvalue weighted by atomic mass is 16.5. The van der Waals surface area contributed by atoms with Gasteiger partial charge in [0.05, 0.1) is 13.2 Å². The molecule has 0 aromatic heterocycles. The fraction of sp³-hybridized carbons (Fsp3) is 0.385. The Morgan fingerprint density at radius 1 is 1.47 bits per heavy atom. The van der Waals surface area contributed by atoms with E-state index >= 15 is 0 Å². The van der Waals surface area contributed by atoms with E-state index in [4.69, 9.17) is 9.84 Å². The number of aryl methyl sites for hydroxylation is 1. The average molecular weight is 264 g/mol. The van der Waals surface area contributed by atoms with Crippen LogP contribution in [0.15, 0.2) is 24.3 Å². The molecule has 19 heavy (non-hydrogen) atoms. The van der Waals surface area contributed by atoms with Crippen molar-refractivity contribution in [1.29, 1.82) is 0 Å². The number of benzene rings is 1. The topological polar surface area (TPSA) is 78.9 Å². The molecule has 1 aliphatic rings. The molecule has 0 saturated carbocycles. The number of hydrogen-bond donors (Lipinski definition) is 2. The van der Waals surface area contributed by atoms with Crippen molar-refractivity contribution in [3.63, 3.8) is 0 Å². The van der Waals surface area contributed by atoms with E-state index < -0.39 is 12.1 Å². The lowest BCUT2D eigenvalue weighted by molar-refractivity contribution is -0.154. The number of urea groups is 1. The molecule has 0 bridgehead atoms. The van der Waals surface area contributed by atoms with E-state index in [1.165, 1.54) is 4.90 Å². The number of nitrogens with one attached hydrogen (secondary N) is 1. The number of morpholine rings is 1. The minimum Gasteiger partial charge on any atom is -0.479 e. The molecule has 1 heterocycles. The standard InChI is InChI=1S/C13H16N2O4/c1-9-3-2-4-10(7-9)14-13(18)15-5-6-19-11(8-15)12(16)17/h2-4,7,11H,5-6,8H2,1H3,(H,14,18)(H,16,17). The van der Waals surface area contributed by atoms with Crippen LogP contribution in [0.5, 0.6) is 0 Å². The number of hydrogen-bond acceptors (Lipinski definition) is 3. The monoisotopic (exact) mass is 264 g/mol. The summed E-state index contributed by atoms with van der Waals surface area (Å²) in [7, 11) is 0. The maximum atomic E-state index is 12.0. The number of nitrogens with zero attached hydrogens (tertiary/aromatic N) is 1. The van der Waals surface area contributed by atoms with Crippen molar-refractivity contribution in [1.82, 2.24) is 4.90 Å². The van der Waals surface area contributed by atoms with Crippen LogP contribution in [0.4, 0.5) is 10.5 Å². The summed E-state index contributed by atoms with van der Waals surface area (Å²) in [6, 6.07) is 7.13. The smallest absolute Gasteiger partial charge is 0.334 e. The molecule has 0 aliphatic carbocycles. The third-order valence-electron chi connectivity index (χ3n) is 2.90. The molecular weight excluding hydrogens is 248 g/mol. The number of carbonyl (C=O) groups is 2. The van der Waals surface area contributed by atoms with Crippen molar-refractivity contribution in [2.45, 2.75) is 13.0 Å². The summed E-state index contributed by atoms with van der Waals surface area (Å²) in [4.78, 5) is 24.3. The summed E-state index contributed by atoms with van der Waals surface area (Å²) < 4.78 is 5.07. The fourth-order valence-corrected chi connectivity index (χ4v) is 1.91. The summed E-state index contributed by atoms with van der Waals surface area (Å²) in [5.74, 6) is -1.05. The predicted octanol–water partition coefficient (Wildman–Crippen LogP) is 1.31. The number of ether oxygens (including phenoxy) is 1. The van der Waals surface area contributed by atoms with Gasteiger partial charge >= 0.3 is 12.0 Å². The van der Waals surface area contributed by atoms with Crippen LogP contribution in [-0.2, 0) is 9.53 Å². The van der Waals surface area contributed by atoms with Gasteiger partial charge in [0.1, 0.15) is 0 Å². The molecule has 6 nitrogen and oxygen atoms in total. The summed E-state index contributed by atoms with van der Waals surface area (Å²) in [5, 5.41) is 11.6. The van der Waals surface area contributed by atoms with Gasteiger partial charge in [0.15, 0.2) is 6.10 Å². The van der Waals surface area contributed by atoms with Crippen molar-refractivity contribution < 1.29 is 19.4 Å². The third kappa shape index (κ3) is 3.45. The average Bonchev–Trinajstić information content (AvgIpc) is 2.39. The molecular formula is C13H16N2O4. The van der Waals surface area contributed by atoms with Crippen LogP contribution in [0, 0.1) is 6.92 Å². The van der Waals surface area contributed by atoms with E-state index in [0.29, 0.717) is 12.2 Å². The zero-order valence-corrected chi connectivity index (χ0v) is 10.6. The lowest BCUT2D eigenvalue weighted by Crippen LogP contribution is -2.49. The van der Waals surface area contributed by atoms with Gasteiger partial charge < -0.3 is 20.1 Å². The molecule has 1 unspecified atom stereocenters. The van der Waals surface area contributed by atoms with Crippen molar-refractivity contribution in [3.05, 3.63) is 29.8 Å². The molecule has 102 valence electrons. The van der Waals surface area contributed by atoms with E-state index in [-0.39, 0.29) is 19.2 Å². The van der Waals surface area contributed by atoms with Crippen molar-refractivity contribution in [2.24, 2.45) is 0 Å². The number of amides is 2. The highest BCUT2D eigenvalue weighted by molar-refractivity contribution is 5.90. The lowest BCUT2D eigenvalue weighted by Gasteiger charge is -2.30. The SMILES string of the molecule is Cc1cccc(NC(=O)N2CCOC(C(=O)O)C2)c1. The molecule has 1 saturated heterocycles. The molecule has 1 fully saturated rings. The maximum absolute atomic E-state index is 12.0. The van der Waals surface area contributed by atoms with Crippen molar-refractivity contribution in [2.75, 3.05) is 25.0 Å². The molecule has 1 aliphatic heterocycles. The molecule has 1 aromatic carbocycles. The molecule has 6 heteroatoms. The fourth-order valence-electron chi connectivity index (χ4n) is 1.91. The third-order valence-corrected chi connectivity index (χ3v) is 2.90. The summed E-state index contributed by atoms with van der Waals surface area (Å²) in [6.45, 7) is 2.62. The van der Waals surface area contributed by atoms with Crippen LogP contribution in [0.1, 0.15) is 5.56 Å². The second-order valence-corrected chi connectivity index (χ2v) is 4.44. The Kier molecular flexibility index (Phi) is 4.01. The van der Waals surface area contributed by atoms with E-state index in [1.807, 2.05) is 25.1 Å². The Morgan fingerprint density at radius 2 is 2.26 bits per heavy atom.